The number of ether oxygens (including phenoxy) is 1. The van der Waals surface area contributed by atoms with Crippen LogP contribution in [0.15, 0.2) is 0 Å². The van der Waals surface area contributed by atoms with E-state index in [4.69, 9.17) is 9.84 Å². The lowest BCUT2D eigenvalue weighted by Gasteiger charge is -2.07. The second-order valence-electron chi connectivity index (χ2n) is 3.94. The first-order chi connectivity index (χ1) is 7.72. The maximum Gasteiger partial charge on any atom is 0.322 e. The summed E-state index contributed by atoms with van der Waals surface area (Å²) < 4.78 is 4.98. The Morgan fingerprint density at radius 2 is 1.75 bits per heavy atom. The number of aliphatic hydroxyl groups excluding tert-OH is 1. The van der Waals surface area contributed by atoms with Gasteiger partial charge in [0, 0.05) is 0 Å². The number of hydrogen-bond donors (Lipinski definition) is 1. The average molecular weight is 295 g/mol. The van der Waals surface area contributed by atoms with Gasteiger partial charge in [-0.05, 0) is 6.42 Å². The van der Waals surface area contributed by atoms with Gasteiger partial charge < -0.3 is 9.84 Å². The van der Waals surface area contributed by atoms with Crippen LogP contribution in [0.3, 0.4) is 0 Å². The molecule has 0 bridgehead atoms. The Labute approximate surface area is 107 Å². The third-order valence-corrected chi connectivity index (χ3v) is 3.07. The maximum atomic E-state index is 11.1. The Hall–Kier alpha value is -0.0900. The molecular formula is C12H23BrO3. The molecule has 0 rings (SSSR count). The van der Waals surface area contributed by atoms with Crippen LogP contribution in [0.4, 0.5) is 0 Å². The molecule has 0 aliphatic heterocycles. The van der Waals surface area contributed by atoms with Gasteiger partial charge in [0.15, 0.2) is 0 Å². The van der Waals surface area contributed by atoms with Crippen LogP contribution in [-0.4, -0.2) is 29.1 Å². The van der Waals surface area contributed by atoms with Crippen molar-refractivity contribution < 1.29 is 14.6 Å². The van der Waals surface area contributed by atoms with Crippen molar-refractivity contribution in [3.8, 4) is 0 Å². The molecule has 0 saturated carbocycles. The SMILES string of the molecule is CCCCCCCCCOC(=O)C(Br)CO. The Bertz CT molecular complexity index is 174. The van der Waals surface area contributed by atoms with E-state index in [1.54, 1.807) is 0 Å². The first kappa shape index (κ1) is 15.9. The molecule has 0 aromatic carbocycles. The lowest BCUT2D eigenvalue weighted by molar-refractivity contribution is -0.143. The maximum absolute atomic E-state index is 11.1. The molecule has 16 heavy (non-hydrogen) atoms. The quantitative estimate of drug-likeness (QED) is 0.383. The summed E-state index contributed by atoms with van der Waals surface area (Å²) in [6.45, 7) is 2.46. The molecule has 1 atom stereocenters. The first-order valence-electron chi connectivity index (χ1n) is 6.14. The predicted molar refractivity (Wildman–Crippen MR) is 68.8 cm³/mol. The molecule has 1 N–H and O–H groups in total. The lowest BCUT2D eigenvalue weighted by Crippen LogP contribution is -2.21. The fourth-order valence-electron chi connectivity index (χ4n) is 1.40. The van der Waals surface area contributed by atoms with Crippen LogP contribution in [0, 0.1) is 0 Å². The molecular weight excluding hydrogens is 272 g/mol. The van der Waals surface area contributed by atoms with Crippen molar-refractivity contribution in [2.45, 2.75) is 56.7 Å². The fourth-order valence-corrected chi connectivity index (χ4v) is 1.53. The van der Waals surface area contributed by atoms with Crippen LogP contribution in [-0.2, 0) is 9.53 Å². The molecule has 0 heterocycles. The minimum atomic E-state index is -0.572. The monoisotopic (exact) mass is 294 g/mol. The smallest absolute Gasteiger partial charge is 0.322 e. The van der Waals surface area contributed by atoms with Crippen molar-refractivity contribution in [1.29, 1.82) is 0 Å². The molecule has 0 radical (unpaired) electrons. The molecule has 0 aromatic heterocycles. The van der Waals surface area contributed by atoms with Crippen molar-refractivity contribution in [3.63, 3.8) is 0 Å². The van der Waals surface area contributed by atoms with Gasteiger partial charge >= 0.3 is 5.97 Å². The van der Waals surface area contributed by atoms with Crippen LogP contribution in [0.25, 0.3) is 0 Å². The summed E-state index contributed by atoms with van der Waals surface area (Å²) in [5, 5.41) is 8.68. The van der Waals surface area contributed by atoms with Crippen molar-refractivity contribution in [3.05, 3.63) is 0 Å². The van der Waals surface area contributed by atoms with Gasteiger partial charge in [-0.1, -0.05) is 61.4 Å². The number of halogens is 1. The summed E-state index contributed by atoms with van der Waals surface area (Å²) in [7, 11) is 0. The highest BCUT2D eigenvalue weighted by Crippen LogP contribution is 2.07. The Morgan fingerprint density at radius 1 is 1.19 bits per heavy atom. The molecule has 96 valence electrons. The van der Waals surface area contributed by atoms with Gasteiger partial charge in [0.1, 0.15) is 4.83 Å². The molecule has 0 aliphatic carbocycles. The molecule has 0 aliphatic rings. The highest BCUT2D eigenvalue weighted by Gasteiger charge is 2.14. The molecule has 4 heteroatoms. The lowest BCUT2D eigenvalue weighted by atomic mass is 10.1. The third-order valence-electron chi connectivity index (χ3n) is 2.41. The standard InChI is InChI=1S/C12H23BrO3/c1-2-3-4-5-6-7-8-9-16-12(15)11(13)10-14/h11,14H,2-10H2,1H3. The van der Waals surface area contributed by atoms with E-state index in [0.717, 1.165) is 12.8 Å². The minimum Gasteiger partial charge on any atom is -0.465 e. The number of esters is 1. The summed E-state index contributed by atoms with van der Waals surface area (Å²) in [6.07, 6.45) is 8.42. The van der Waals surface area contributed by atoms with Crippen molar-refractivity contribution in [2.75, 3.05) is 13.2 Å². The van der Waals surface area contributed by atoms with Gasteiger partial charge in [-0.15, -0.1) is 0 Å². The number of aliphatic hydroxyl groups is 1. The number of unbranched alkanes of at least 4 members (excludes halogenated alkanes) is 6. The van der Waals surface area contributed by atoms with Crippen LogP contribution >= 0.6 is 15.9 Å². The van der Waals surface area contributed by atoms with Gasteiger partial charge in [-0.2, -0.15) is 0 Å². The van der Waals surface area contributed by atoms with Crippen molar-refractivity contribution >= 4 is 21.9 Å². The van der Waals surface area contributed by atoms with Gasteiger partial charge in [0.05, 0.1) is 13.2 Å². The average Bonchev–Trinajstić information content (AvgIpc) is 2.31. The van der Waals surface area contributed by atoms with E-state index in [1.165, 1.54) is 32.1 Å². The van der Waals surface area contributed by atoms with E-state index in [0.29, 0.717) is 6.61 Å². The van der Waals surface area contributed by atoms with Crippen LogP contribution in [0.2, 0.25) is 0 Å². The molecule has 0 spiro atoms. The number of alkyl halides is 1. The van der Waals surface area contributed by atoms with Crippen LogP contribution in [0.5, 0.6) is 0 Å². The predicted octanol–water partition coefficient (Wildman–Crippen LogP) is 3.04. The molecule has 1 unspecified atom stereocenters. The molecule has 0 aromatic rings. The topological polar surface area (TPSA) is 46.5 Å². The zero-order valence-electron chi connectivity index (χ0n) is 10.1. The number of carbonyl (C=O) groups is 1. The van der Waals surface area contributed by atoms with E-state index in [9.17, 15) is 4.79 Å². The van der Waals surface area contributed by atoms with Gasteiger partial charge in [0.2, 0.25) is 0 Å². The van der Waals surface area contributed by atoms with Crippen molar-refractivity contribution in [2.24, 2.45) is 0 Å². The second-order valence-corrected chi connectivity index (χ2v) is 5.04. The Balaban J connectivity index is 3.18. The molecule has 0 amide bonds. The summed E-state index contributed by atoms with van der Waals surface area (Å²) >= 11 is 3.03. The molecule has 0 saturated heterocycles. The molecule has 0 fully saturated rings. The highest BCUT2D eigenvalue weighted by atomic mass is 79.9. The number of hydrogen-bond acceptors (Lipinski definition) is 3. The van der Waals surface area contributed by atoms with Gasteiger partial charge in [-0.3, -0.25) is 4.79 Å². The van der Waals surface area contributed by atoms with E-state index < -0.39 is 4.83 Å². The zero-order valence-corrected chi connectivity index (χ0v) is 11.7. The zero-order chi connectivity index (χ0) is 12.2. The van der Waals surface area contributed by atoms with E-state index >= 15 is 0 Å². The normalized spacial score (nSPS) is 12.4. The van der Waals surface area contributed by atoms with E-state index in [-0.39, 0.29) is 12.6 Å². The number of carbonyl (C=O) groups excluding carboxylic acids is 1. The van der Waals surface area contributed by atoms with Gasteiger partial charge in [0.25, 0.3) is 0 Å². The van der Waals surface area contributed by atoms with E-state index in [2.05, 4.69) is 22.9 Å². The molecule has 3 nitrogen and oxygen atoms in total. The van der Waals surface area contributed by atoms with Crippen LogP contribution in [0.1, 0.15) is 51.9 Å². The largest absolute Gasteiger partial charge is 0.465 e. The second kappa shape index (κ2) is 11.4. The summed E-state index contributed by atoms with van der Waals surface area (Å²) in [6, 6.07) is 0. The fraction of sp³-hybridized carbons (Fsp3) is 0.917. The minimum absolute atomic E-state index is 0.212. The summed E-state index contributed by atoms with van der Waals surface area (Å²) in [4.78, 5) is 10.5. The Kier molecular flexibility index (Phi) is 11.3. The van der Waals surface area contributed by atoms with Gasteiger partial charge in [-0.25, -0.2) is 0 Å². The first-order valence-corrected chi connectivity index (χ1v) is 7.05. The Morgan fingerprint density at radius 3 is 2.31 bits per heavy atom. The summed E-state index contributed by atoms with van der Waals surface area (Å²) in [5.74, 6) is -0.367. The third kappa shape index (κ3) is 9.16. The van der Waals surface area contributed by atoms with Crippen molar-refractivity contribution in [1.82, 2.24) is 0 Å². The summed E-state index contributed by atoms with van der Waals surface area (Å²) in [5.41, 5.74) is 0. The van der Waals surface area contributed by atoms with E-state index in [1.807, 2.05) is 0 Å². The van der Waals surface area contributed by atoms with Crippen LogP contribution < -0.4 is 0 Å². The highest BCUT2D eigenvalue weighted by molar-refractivity contribution is 9.10. The number of rotatable bonds is 10.